The molecule has 4 rings (SSSR count). The van der Waals surface area contributed by atoms with E-state index in [9.17, 15) is 22.8 Å². The molecule has 1 atom stereocenters. The van der Waals surface area contributed by atoms with Crippen LogP contribution in [0.5, 0.6) is 0 Å². The van der Waals surface area contributed by atoms with Crippen LogP contribution in [0, 0.1) is 5.92 Å². The summed E-state index contributed by atoms with van der Waals surface area (Å²) in [6.45, 7) is 0.0472. The van der Waals surface area contributed by atoms with Crippen LogP contribution in [0.3, 0.4) is 0 Å². The van der Waals surface area contributed by atoms with E-state index in [2.05, 4.69) is 20.6 Å². The van der Waals surface area contributed by atoms with Gasteiger partial charge >= 0.3 is 12.1 Å². The molecule has 3 N–H and O–H groups in total. The first kappa shape index (κ1) is 25.2. The van der Waals surface area contributed by atoms with Gasteiger partial charge in [0.2, 0.25) is 0 Å². The van der Waals surface area contributed by atoms with Crippen LogP contribution < -0.4 is 10.6 Å². The number of carboxylic acid groups (broad SMARTS) is 1. The van der Waals surface area contributed by atoms with Crippen molar-refractivity contribution >= 4 is 17.7 Å². The number of carbonyl (C=O) groups excluding carboxylic acids is 1. The van der Waals surface area contributed by atoms with Crippen LogP contribution in [0.15, 0.2) is 55.0 Å². The summed E-state index contributed by atoms with van der Waals surface area (Å²) in [4.78, 5) is 30.9. The molecule has 1 aromatic carbocycles. The highest BCUT2D eigenvalue weighted by Gasteiger charge is 2.33. The van der Waals surface area contributed by atoms with Crippen LogP contribution in [0.1, 0.15) is 59.8 Å². The van der Waals surface area contributed by atoms with Crippen LogP contribution in [0.4, 0.5) is 19.0 Å². The molecule has 3 aromatic rings. The minimum Gasteiger partial charge on any atom is -0.481 e. The molecule has 36 heavy (non-hydrogen) atoms. The summed E-state index contributed by atoms with van der Waals surface area (Å²) in [5, 5.41) is 14.8. The lowest BCUT2D eigenvalue weighted by molar-refractivity contribution is -0.141. The Hall–Kier alpha value is -3.89. The van der Waals surface area contributed by atoms with E-state index in [-0.39, 0.29) is 24.9 Å². The second-order valence-electron chi connectivity index (χ2n) is 8.73. The van der Waals surface area contributed by atoms with Gasteiger partial charge in [0.05, 0.1) is 12.5 Å². The molecule has 1 fully saturated rings. The Morgan fingerprint density at radius 3 is 2.47 bits per heavy atom. The Bertz CT molecular complexity index is 1200. The van der Waals surface area contributed by atoms with Crippen molar-refractivity contribution in [2.45, 2.75) is 44.3 Å². The molecule has 0 bridgehead atoms. The van der Waals surface area contributed by atoms with Gasteiger partial charge in [-0.25, -0.2) is 9.97 Å². The highest BCUT2D eigenvalue weighted by Crippen LogP contribution is 2.38. The van der Waals surface area contributed by atoms with E-state index in [1.807, 2.05) is 12.1 Å². The summed E-state index contributed by atoms with van der Waals surface area (Å²) >= 11 is 0. The third-order valence-electron chi connectivity index (χ3n) is 6.20. The summed E-state index contributed by atoms with van der Waals surface area (Å²) in [5.41, 5.74) is 0.395. The summed E-state index contributed by atoms with van der Waals surface area (Å²) in [6.07, 6.45) is 1.56. The number of alkyl halides is 3. The number of amides is 1. The Morgan fingerprint density at radius 2 is 1.83 bits per heavy atom. The van der Waals surface area contributed by atoms with Gasteiger partial charge in [0, 0.05) is 18.3 Å². The quantitative estimate of drug-likeness (QED) is 0.387. The topological polar surface area (TPSA) is 109 Å². The van der Waals surface area contributed by atoms with Crippen LogP contribution in [-0.2, 0) is 11.0 Å². The number of carboxylic acids is 1. The van der Waals surface area contributed by atoms with Crippen molar-refractivity contribution in [2.75, 3.05) is 11.9 Å². The molecule has 11 heteroatoms. The molecule has 8 nitrogen and oxygen atoms in total. The lowest BCUT2D eigenvalue weighted by Crippen LogP contribution is -2.26. The minimum atomic E-state index is -4.53. The van der Waals surface area contributed by atoms with Crippen molar-refractivity contribution in [1.29, 1.82) is 0 Å². The van der Waals surface area contributed by atoms with Gasteiger partial charge in [0.1, 0.15) is 18.0 Å². The van der Waals surface area contributed by atoms with Crippen molar-refractivity contribution in [1.82, 2.24) is 19.9 Å². The van der Waals surface area contributed by atoms with Crippen LogP contribution in [0.2, 0.25) is 0 Å². The Labute approximate surface area is 205 Å². The lowest BCUT2D eigenvalue weighted by Gasteiger charge is -2.26. The number of nitrogens with zero attached hydrogens (tertiary/aromatic N) is 3. The van der Waals surface area contributed by atoms with Gasteiger partial charge < -0.3 is 15.7 Å². The standard InChI is InChI=1S/C25H26F3N5O3/c26-25(27,28)19-14-33(15-30-19)21-7-3-6-20(31-21)32-23(16-4-1-2-5-16)17-8-10-18(11-9-17)24(36)29-13-12-22(34)35/h3,6-11,14-16,23H,1-2,4-5,12-13H2,(H,29,36)(H,31,32)(H,34,35). The first-order chi connectivity index (χ1) is 17.2. The molecule has 2 heterocycles. The molecule has 1 saturated carbocycles. The fourth-order valence-electron chi connectivity index (χ4n) is 4.39. The Kier molecular flexibility index (Phi) is 7.56. The largest absolute Gasteiger partial charge is 0.481 e. The molecular weight excluding hydrogens is 475 g/mol. The lowest BCUT2D eigenvalue weighted by atomic mass is 9.91. The maximum atomic E-state index is 12.9. The molecule has 2 aromatic heterocycles. The third-order valence-corrected chi connectivity index (χ3v) is 6.20. The average molecular weight is 502 g/mol. The molecule has 1 amide bonds. The van der Waals surface area contributed by atoms with Gasteiger partial charge in [-0.15, -0.1) is 0 Å². The van der Waals surface area contributed by atoms with E-state index < -0.39 is 17.8 Å². The maximum Gasteiger partial charge on any atom is 0.434 e. The number of pyridine rings is 1. The first-order valence-corrected chi connectivity index (χ1v) is 11.7. The van der Waals surface area contributed by atoms with Crippen LogP contribution in [-0.4, -0.2) is 38.1 Å². The molecule has 0 radical (unpaired) electrons. The van der Waals surface area contributed by atoms with Gasteiger partial charge in [-0.3, -0.25) is 14.2 Å². The fraction of sp³-hybridized carbons (Fsp3) is 0.360. The molecule has 0 spiro atoms. The predicted octanol–water partition coefficient (Wildman–Crippen LogP) is 4.83. The number of nitrogens with one attached hydrogen (secondary N) is 2. The third kappa shape index (κ3) is 6.21. The molecule has 1 unspecified atom stereocenters. The number of hydrogen-bond donors (Lipinski definition) is 3. The van der Waals surface area contributed by atoms with Crippen LogP contribution >= 0.6 is 0 Å². The first-order valence-electron chi connectivity index (χ1n) is 11.7. The number of anilines is 1. The Morgan fingerprint density at radius 1 is 1.11 bits per heavy atom. The zero-order valence-corrected chi connectivity index (χ0v) is 19.3. The zero-order valence-electron chi connectivity index (χ0n) is 19.3. The second kappa shape index (κ2) is 10.8. The number of hydrogen-bond acceptors (Lipinski definition) is 5. The normalized spacial score (nSPS) is 15.0. The number of aliphatic carboxylic acids is 1. The van der Waals surface area contributed by atoms with E-state index in [1.54, 1.807) is 30.3 Å². The fourth-order valence-corrected chi connectivity index (χ4v) is 4.39. The molecule has 190 valence electrons. The van der Waals surface area contributed by atoms with E-state index in [0.717, 1.165) is 43.8 Å². The molecule has 0 saturated heterocycles. The van der Waals surface area contributed by atoms with Crippen molar-refractivity contribution in [3.8, 4) is 5.82 Å². The molecule has 1 aliphatic rings. The van der Waals surface area contributed by atoms with E-state index in [0.29, 0.717) is 23.1 Å². The summed E-state index contributed by atoms with van der Waals surface area (Å²) in [7, 11) is 0. The van der Waals surface area contributed by atoms with E-state index in [1.165, 1.54) is 4.57 Å². The molecule has 0 aliphatic heterocycles. The summed E-state index contributed by atoms with van der Waals surface area (Å²) in [5.74, 6) is -0.178. The number of benzene rings is 1. The zero-order chi connectivity index (χ0) is 25.7. The predicted molar refractivity (Wildman–Crippen MR) is 126 cm³/mol. The van der Waals surface area contributed by atoms with Gasteiger partial charge in [-0.05, 0) is 48.6 Å². The second-order valence-corrected chi connectivity index (χ2v) is 8.73. The SMILES string of the molecule is O=C(O)CCNC(=O)c1ccc(C(Nc2cccc(-n3cnc(C(F)(F)F)c3)n2)C2CCCC2)cc1. The van der Waals surface area contributed by atoms with Crippen LogP contribution in [0.25, 0.3) is 5.82 Å². The average Bonchev–Trinajstić information content (AvgIpc) is 3.55. The van der Waals surface area contributed by atoms with Crippen molar-refractivity contribution in [3.05, 3.63) is 71.8 Å². The monoisotopic (exact) mass is 501 g/mol. The smallest absolute Gasteiger partial charge is 0.434 e. The molecule has 1 aliphatic carbocycles. The van der Waals surface area contributed by atoms with Crippen molar-refractivity contribution in [3.63, 3.8) is 0 Å². The number of carbonyl (C=O) groups is 2. The summed E-state index contributed by atoms with van der Waals surface area (Å²) < 4.78 is 40.1. The van der Waals surface area contributed by atoms with Gasteiger partial charge in [0.25, 0.3) is 5.91 Å². The van der Waals surface area contributed by atoms with Gasteiger partial charge in [-0.2, -0.15) is 13.2 Å². The van der Waals surface area contributed by atoms with Crippen molar-refractivity contribution in [2.24, 2.45) is 5.92 Å². The highest BCUT2D eigenvalue weighted by atomic mass is 19.4. The number of imidazole rings is 1. The van der Waals surface area contributed by atoms with Gasteiger partial charge in [-0.1, -0.05) is 31.0 Å². The number of aromatic nitrogens is 3. The van der Waals surface area contributed by atoms with E-state index in [4.69, 9.17) is 5.11 Å². The highest BCUT2D eigenvalue weighted by molar-refractivity contribution is 5.94. The number of halogens is 3. The van der Waals surface area contributed by atoms with Gasteiger partial charge in [0.15, 0.2) is 5.69 Å². The van der Waals surface area contributed by atoms with E-state index >= 15 is 0 Å². The Balaban J connectivity index is 1.52. The maximum absolute atomic E-state index is 12.9. The minimum absolute atomic E-state index is 0.0472. The molecular formula is C25H26F3N5O3. The summed E-state index contributed by atoms with van der Waals surface area (Å²) in [6, 6.07) is 12.1. The number of rotatable bonds is 9. The van der Waals surface area contributed by atoms with Crippen molar-refractivity contribution < 1.29 is 27.9 Å².